The molecule has 0 aromatic carbocycles. The van der Waals surface area contributed by atoms with E-state index in [1.54, 1.807) is 10.9 Å². The van der Waals surface area contributed by atoms with E-state index in [4.69, 9.17) is 5.73 Å². The molecule has 1 atom stereocenters. The molecule has 0 bridgehead atoms. The van der Waals surface area contributed by atoms with Crippen LogP contribution in [0.3, 0.4) is 0 Å². The zero-order valence-electron chi connectivity index (χ0n) is 12.3. The van der Waals surface area contributed by atoms with Crippen LogP contribution >= 0.6 is 0 Å². The minimum absolute atomic E-state index is 0.00502. The average Bonchev–Trinajstić information content (AvgIpc) is 2.78. The van der Waals surface area contributed by atoms with E-state index in [0.29, 0.717) is 18.8 Å². The molecular formula is C14H25N5O. The number of likely N-dealkylation sites (tertiary alicyclic amines) is 1. The van der Waals surface area contributed by atoms with Crippen LogP contribution in [0.4, 0.5) is 0 Å². The molecule has 1 aliphatic heterocycles. The summed E-state index contributed by atoms with van der Waals surface area (Å²) in [6, 6.07) is 0. The number of hydrogen-bond acceptors (Lipinski definition) is 4. The van der Waals surface area contributed by atoms with Gasteiger partial charge in [0.2, 0.25) is 0 Å². The summed E-state index contributed by atoms with van der Waals surface area (Å²) < 4.78 is 1.63. The molecule has 1 aliphatic rings. The van der Waals surface area contributed by atoms with Gasteiger partial charge in [0.1, 0.15) is 0 Å². The highest BCUT2D eigenvalue weighted by Crippen LogP contribution is 2.22. The fraction of sp³-hybridized carbons (Fsp3) is 0.786. The molecule has 1 fully saturated rings. The summed E-state index contributed by atoms with van der Waals surface area (Å²) in [5, 5.41) is 7.89. The molecule has 0 radical (unpaired) electrons. The van der Waals surface area contributed by atoms with E-state index >= 15 is 0 Å². The third-order valence-electron chi connectivity index (χ3n) is 3.95. The summed E-state index contributed by atoms with van der Waals surface area (Å²) in [5.41, 5.74) is 5.91. The van der Waals surface area contributed by atoms with E-state index in [1.807, 2.05) is 4.90 Å². The lowest BCUT2D eigenvalue weighted by Gasteiger charge is -2.19. The second kappa shape index (κ2) is 7.38. The van der Waals surface area contributed by atoms with Crippen molar-refractivity contribution in [1.29, 1.82) is 0 Å². The molecule has 0 spiro atoms. The maximum absolute atomic E-state index is 12.4. The fourth-order valence-corrected chi connectivity index (χ4v) is 2.87. The van der Waals surface area contributed by atoms with Crippen molar-refractivity contribution in [3.8, 4) is 0 Å². The van der Waals surface area contributed by atoms with Gasteiger partial charge >= 0.3 is 0 Å². The molecule has 2 heterocycles. The van der Waals surface area contributed by atoms with Crippen molar-refractivity contribution in [3.63, 3.8) is 0 Å². The van der Waals surface area contributed by atoms with Crippen molar-refractivity contribution < 1.29 is 4.79 Å². The van der Waals surface area contributed by atoms with Gasteiger partial charge in [0.05, 0.1) is 12.7 Å². The molecule has 1 saturated heterocycles. The molecule has 1 aromatic rings. The van der Waals surface area contributed by atoms with Gasteiger partial charge in [-0.1, -0.05) is 25.0 Å². The van der Waals surface area contributed by atoms with Gasteiger partial charge in [-0.15, -0.1) is 5.10 Å². The van der Waals surface area contributed by atoms with Crippen LogP contribution in [0.5, 0.6) is 0 Å². The van der Waals surface area contributed by atoms with Gasteiger partial charge in [0, 0.05) is 19.6 Å². The number of aromatic nitrogens is 3. The predicted molar refractivity (Wildman–Crippen MR) is 77.2 cm³/mol. The first kappa shape index (κ1) is 15.0. The van der Waals surface area contributed by atoms with Crippen molar-refractivity contribution in [1.82, 2.24) is 19.9 Å². The topological polar surface area (TPSA) is 77.0 Å². The highest BCUT2D eigenvalue weighted by atomic mass is 16.2. The van der Waals surface area contributed by atoms with E-state index in [2.05, 4.69) is 17.2 Å². The summed E-state index contributed by atoms with van der Waals surface area (Å²) in [7, 11) is 0. The van der Waals surface area contributed by atoms with E-state index in [9.17, 15) is 4.79 Å². The predicted octanol–water partition coefficient (Wildman–Crippen LogP) is 1.28. The number of hydrogen-bond donors (Lipinski definition) is 1. The molecular weight excluding hydrogens is 254 g/mol. The Morgan fingerprint density at radius 2 is 2.30 bits per heavy atom. The summed E-state index contributed by atoms with van der Waals surface area (Å²) in [4.78, 5) is 14.3. The summed E-state index contributed by atoms with van der Waals surface area (Å²) in [5.74, 6) is 0.774. The first-order valence-corrected chi connectivity index (χ1v) is 7.64. The number of carbonyl (C=O) groups is 1. The Hall–Kier alpha value is -1.43. The third kappa shape index (κ3) is 3.79. The molecule has 20 heavy (non-hydrogen) atoms. The first-order valence-electron chi connectivity index (χ1n) is 7.64. The normalized spacial score (nSPS) is 19.9. The third-order valence-corrected chi connectivity index (χ3v) is 3.95. The molecule has 112 valence electrons. The number of nitrogens with zero attached hydrogens (tertiary/aromatic N) is 4. The average molecular weight is 279 g/mol. The molecule has 1 amide bonds. The van der Waals surface area contributed by atoms with Crippen LogP contribution in [0.25, 0.3) is 0 Å². The minimum atomic E-state index is 0.00502. The Morgan fingerprint density at radius 1 is 1.45 bits per heavy atom. The smallest absolute Gasteiger partial charge is 0.276 e. The molecule has 6 heteroatoms. The lowest BCUT2D eigenvalue weighted by Crippen LogP contribution is -2.32. The van der Waals surface area contributed by atoms with Gasteiger partial charge < -0.3 is 10.6 Å². The molecule has 0 saturated carbocycles. The van der Waals surface area contributed by atoms with Gasteiger partial charge in [0.15, 0.2) is 5.69 Å². The maximum atomic E-state index is 12.4. The number of nitrogens with two attached hydrogens (primary N) is 1. The molecule has 1 unspecified atom stereocenters. The number of carbonyl (C=O) groups excluding carboxylic acids is 1. The van der Waals surface area contributed by atoms with Crippen molar-refractivity contribution in [3.05, 3.63) is 11.9 Å². The van der Waals surface area contributed by atoms with Gasteiger partial charge in [0.25, 0.3) is 5.91 Å². The lowest BCUT2D eigenvalue weighted by molar-refractivity contribution is 0.0754. The van der Waals surface area contributed by atoms with E-state index in [0.717, 1.165) is 31.8 Å². The van der Waals surface area contributed by atoms with E-state index in [-0.39, 0.29) is 5.91 Å². The molecule has 1 aromatic heterocycles. The zero-order chi connectivity index (χ0) is 14.4. The second-order valence-electron chi connectivity index (χ2n) is 5.53. The van der Waals surface area contributed by atoms with Crippen LogP contribution in [0.2, 0.25) is 0 Å². The van der Waals surface area contributed by atoms with E-state index in [1.165, 1.54) is 19.3 Å². The van der Waals surface area contributed by atoms with Crippen molar-refractivity contribution in [2.24, 2.45) is 11.7 Å². The highest BCUT2D eigenvalue weighted by molar-refractivity contribution is 5.91. The minimum Gasteiger partial charge on any atom is -0.337 e. The second-order valence-corrected chi connectivity index (χ2v) is 5.53. The quantitative estimate of drug-likeness (QED) is 0.880. The Labute approximate surface area is 120 Å². The van der Waals surface area contributed by atoms with Crippen LogP contribution in [0.1, 0.15) is 49.5 Å². The molecule has 2 rings (SSSR count). The SMILES string of the molecule is CCCC1CCCN(C(=O)c2cn(CCN)nn2)CC1. The van der Waals surface area contributed by atoms with Crippen molar-refractivity contribution in [2.75, 3.05) is 19.6 Å². The van der Waals surface area contributed by atoms with Crippen LogP contribution in [-0.4, -0.2) is 45.4 Å². The maximum Gasteiger partial charge on any atom is 0.276 e. The molecule has 2 N–H and O–H groups in total. The van der Waals surface area contributed by atoms with Gasteiger partial charge in [-0.05, 0) is 25.2 Å². The lowest BCUT2D eigenvalue weighted by atomic mass is 9.96. The van der Waals surface area contributed by atoms with Crippen molar-refractivity contribution in [2.45, 2.75) is 45.6 Å². The van der Waals surface area contributed by atoms with Gasteiger partial charge in [-0.2, -0.15) is 0 Å². The van der Waals surface area contributed by atoms with Gasteiger partial charge in [-0.3, -0.25) is 9.48 Å². The molecule has 0 aliphatic carbocycles. The summed E-state index contributed by atoms with van der Waals surface area (Å²) in [6.07, 6.45) is 7.63. The summed E-state index contributed by atoms with van der Waals surface area (Å²) >= 11 is 0. The largest absolute Gasteiger partial charge is 0.337 e. The summed E-state index contributed by atoms with van der Waals surface area (Å²) in [6.45, 7) is 5.00. The highest BCUT2D eigenvalue weighted by Gasteiger charge is 2.23. The van der Waals surface area contributed by atoms with Gasteiger partial charge in [-0.25, -0.2) is 0 Å². The standard InChI is InChI=1S/C14H25N5O/c1-2-4-12-5-3-8-18(9-6-12)14(20)13-11-19(10-7-15)17-16-13/h11-12H,2-10,15H2,1H3. The Kier molecular flexibility index (Phi) is 5.52. The monoisotopic (exact) mass is 279 g/mol. The zero-order valence-corrected chi connectivity index (χ0v) is 12.3. The number of rotatable bonds is 5. The van der Waals surface area contributed by atoms with Crippen LogP contribution < -0.4 is 5.73 Å². The Bertz CT molecular complexity index is 431. The first-order chi connectivity index (χ1) is 9.74. The van der Waals surface area contributed by atoms with Crippen molar-refractivity contribution >= 4 is 5.91 Å². The van der Waals surface area contributed by atoms with Crippen LogP contribution in [0, 0.1) is 5.92 Å². The van der Waals surface area contributed by atoms with E-state index < -0.39 is 0 Å². The van der Waals surface area contributed by atoms with Crippen LogP contribution in [-0.2, 0) is 6.54 Å². The Morgan fingerprint density at radius 3 is 3.05 bits per heavy atom. The Balaban J connectivity index is 1.94. The van der Waals surface area contributed by atoms with Crippen LogP contribution in [0.15, 0.2) is 6.20 Å². The molecule has 6 nitrogen and oxygen atoms in total. The number of amides is 1. The fourth-order valence-electron chi connectivity index (χ4n) is 2.87.